The second-order valence-corrected chi connectivity index (χ2v) is 4.65. The van der Waals surface area contributed by atoms with E-state index in [9.17, 15) is 18.0 Å². The fraction of sp³-hybridized carbons (Fsp3) is 0.125. The highest BCUT2D eigenvalue weighted by Gasteiger charge is 2.30. The minimum absolute atomic E-state index is 0.240. The van der Waals surface area contributed by atoms with Crippen LogP contribution < -0.4 is 10.9 Å². The fourth-order valence-corrected chi connectivity index (χ4v) is 1.79. The van der Waals surface area contributed by atoms with Gasteiger partial charge in [0.2, 0.25) is 0 Å². The van der Waals surface area contributed by atoms with Crippen molar-refractivity contribution in [1.82, 2.24) is 4.98 Å². The average molecular weight is 337 g/mol. The maximum atomic E-state index is 12.7. The summed E-state index contributed by atoms with van der Waals surface area (Å²) in [7, 11) is 1.25. The van der Waals surface area contributed by atoms with Crippen molar-refractivity contribution in [3.05, 3.63) is 59.9 Å². The molecule has 1 aromatic heterocycles. The molecule has 0 fully saturated rings. The number of halogens is 3. The van der Waals surface area contributed by atoms with Gasteiger partial charge in [-0.1, -0.05) is 6.07 Å². The quantitative estimate of drug-likeness (QED) is 0.494. The molecule has 126 valence electrons. The van der Waals surface area contributed by atoms with Crippen LogP contribution in [0.2, 0.25) is 0 Å². The number of nitrogens with zero attached hydrogens (tertiary/aromatic N) is 1. The van der Waals surface area contributed by atoms with E-state index in [-0.39, 0.29) is 5.69 Å². The molecule has 0 aliphatic rings. The third kappa shape index (κ3) is 4.73. The third-order valence-electron chi connectivity index (χ3n) is 2.98. The Bertz CT molecular complexity index is 745. The lowest BCUT2D eigenvalue weighted by Gasteiger charge is -2.13. The Hall–Kier alpha value is -3.03. The molecule has 0 aliphatic carbocycles. The minimum Gasteiger partial charge on any atom is -0.466 e. The van der Waals surface area contributed by atoms with Gasteiger partial charge in [-0.15, -0.1) is 0 Å². The summed E-state index contributed by atoms with van der Waals surface area (Å²) in [5, 5.41) is 0. The molecule has 0 radical (unpaired) electrons. The first-order chi connectivity index (χ1) is 11.4. The van der Waals surface area contributed by atoms with E-state index in [1.807, 2.05) is 0 Å². The standard InChI is InChI=1S/C16H14F3N3O2/c1-24-15(23)6-5-11-10-20-8-7-14(11)22-21-13-4-2-3-12(9-13)16(17,18)19/h2-10,21H,1H3,(H,20,22). The van der Waals surface area contributed by atoms with Crippen LogP contribution in [0.3, 0.4) is 0 Å². The maximum absolute atomic E-state index is 12.7. The summed E-state index contributed by atoms with van der Waals surface area (Å²) >= 11 is 0. The van der Waals surface area contributed by atoms with Crippen LogP contribution in [-0.2, 0) is 15.7 Å². The van der Waals surface area contributed by atoms with E-state index in [0.717, 1.165) is 12.1 Å². The van der Waals surface area contributed by atoms with Crippen LogP contribution in [0.15, 0.2) is 48.8 Å². The highest BCUT2D eigenvalue weighted by molar-refractivity contribution is 5.88. The molecule has 24 heavy (non-hydrogen) atoms. The minimum atomic E-state index is -4.41. The van der Waals surface area contributed by atoms with E-state index >= 15 is 0 Å². The van der Waals surface area contributed by atoms with Gasteiger partial charge in [-0.05, 0) is 30.3 Å². The maximum Gasteiger partial charge on any atom is 0.416 e. The Morgan fingerprint density at radius 2 is 2.04 bits per heavy atom. The molecule has 2 N–H and O–H groups in total. The van der Waals surface area contributed by atoms with E-state index in [2.05, 4.69) is 20.6 Å². The predicted molar refractivity (Wildman–Crippen MR) is 84.0 cm³/mol. The van der Waals surface area contributed by atoms with Crippen LogP contribution in [0.25, 0.3) is 6.08 Å². The second kappa shape index (κ2) is 7.49. The third-order valence-corrected chi connectivity index (χ3v) is 2.98. The number of carbonyl (C=O) groups is 1. The molecule has 0 aliphatic heterocycles. The van der Waals surface area contributed by atoms with Gasteiger partial charge in [0.25, 0.3) is 0 Å². The van der Waals surface area contributed by atoms with E-state index in [0.29, 0.717) is 11.3 Å². The number of rotatable bonds is 5. The zero-order chi connectivity index (χ0) is 17.6. The molecule has 1 aromatic carbocycles. The average Bonchev–Trinajstić information content (AvgIpc) is 2.58. The summed E-state index contributed by atoms with van der Waals surface area (Å²) in [6.07, 6.45) is 1.28. The van der Waals surface area contributed by atoms with Crippen molar-refractivity contribution in [3.63, 3.8) is 0 Å². The van der Waals surface area contributed by atoms with Crippen molar-refractivity contribution in [1.29, 1.82) is 0 Å². The van der Waals surface area contributed by atoms with Gasteiger partial charge in [-0.2, -0.15) is 13.2 Å². The number of pyridine rings is 1. The number of hydrazine groups is 1. The van der Waals surface area contributed by atoms with Crippen LogP contribution in [-0.4, -0.2) is 18.1 Å². The Balaban J connectivity index is 2.13. The first-order valence-corrected chi connectivity index (χ1v) is 6.79. The zero-order valence-corrected chi connectivity index (χ0v) is 12.6. The molecule has 0 unspecified atom stereocenters. The number of alkyl halides is 3. The van der Waals surface area contributed by atoms with Crippen LogP contribution in [0.4, 0.5) is 24.5 Å². The number of methoxy groups -OCH3 is 1. The van der Waals surface area contributed by atoms with Gasteiger partial charge >= 0.3 is 12.1 Å². The van der Waals surface area contributed by atoms with Gasteiger partial charge in [0.05, 0.1) is 24.0 Å². The van der Waals surface area contributed by atoms with E-state index in [4.69, 9.17) is 0 Å². The largest absolute Gasteiger partial charge is 0.466 e. The predicted octanol–water partition coefficient (Wildman–Crippen LogP) is 3.73. The zero-order valence-electron chi connectivity index (χ0n) is 12.6. The number of hydrogen-bond donors (Lipinski definition) is 2. The Labute approximate surface area is 136 Å². The smallest absolute Gasteiger partial charge is 0.416 e. The summed E-state index contributed by atoms with van der Waals surface area (Å²) in [5.74, 6) is -0.532. The monoisotopic (exact) mass is 337 g/mol. The van der Waals surface area contributed by atoms with Gasteiger partial charge in [-0.3, -0.25) is 4.98 Å². The van der Waals surface area contributed by atoms with Crippen molar-refractivity contribution in [2.45, 2.75) is 6.18 Å². The van der Waals surface area contributed by atoms with Gasteiger partial charge in [0, 0.05) is 24.0 Å². The van der Waals surface area contributed by atoms with Gasteiger partial charge in [0.1, 0.15) is 0 Å². The Kier molecular flexibility index (Phi) is 5.41. The molecule has 0 bridgehead atoms. The van der Waals surface area contributed by atoms with Crippen LogP contribution in [0.1, 0.15) is 11.1 Å². The molecule has 2 rings (SSSR count). The SMILES string of the molecule is COC(=O)C=Cc1cnccc1NNc1cccc(C(F)(F)F)c1. The number of nitrogens with one attached hydrogen (secondary N) is 2. The molecule has 2 aromatic rings. The number of carbonyl (C=O) groups excluding carboxylic acids is 1. The summed E-state index contributed by atoms with van der Waals surface area (Å²) < 4.78 is 42.6. The Morgan fingerprint density at radius 3 is 2.75 bits per heavy atom. The van der Waals surface area contributed by atoms with Gasteiger partial charge in [-0.25, -0.2) is 4.79 Å². The number of esters is 1. The fourth-order valence-electron chi connectivity index (χ4n) is 1.79. The molecule has 0 spiro atoms. The van der Waals surface area contributed by atoms with E-state index in [1.54, 1.807) is 6.07 Å². The molecule has 8 heteroatoms. The van der Waals surface area contributed by atoms with Crippen LogP contribution in [0, 0.1) is 0 Å². The summed E-state index contributed by atoms with van der Waals surface area (Å²) in [4.78, 5) is 15.1. The van der Waals surface area contributed by atoms with Crippen molar-refractivity contribution in [2.75, 3.05) is 18.0 Å². The van der Waals surface area contributed by atoms with Crippen LogP contribution in [0.5, 0.6) is 0 Å². The van der Waals surface area contributed by atoms with Gasteiger partial charge in [0.15, 0.2) is 0 Å². The number of hydrogen-bond acceptors (Lipinski definition) is 5. The number of anilines is 2. The van der Waals surface area contributed by atoms with Crippen molar-refractivity contribution in [3.8, 4) is 0 Å². The molecule has 5 nitrogen and oxygen atoms in total. The van der Waals surface area contributed by atoms with E-state index < -0.39 is 17.7 Å². The molecule has 0 saturated heterocycles. The number of benzene rings is 1. The van der Waals surface area contributed by atoms with Crippen molar-refractivity contribution in [2.24, 2.45) is 0 Å². The molecular weight excluding hydrogens is 323 g/mol. The Morgan fingerprint density at radius 1 is 1.25 bits per heavy atom. The van der Waals surface area contributed by atoms with Crippen molar-refractivity contribution < 1.29 is 22.7 Å². The van der Waals surface area contributed by atoms with Gasteiger partial charge < -0.3 is 15.6 Å². The normalized spacial score (nSPS) is 11.3. The summed E-state index contributed by atoms with van der Waals surface area (Å²) in [6, 6.07) is 6.38. The first kappa shape index (κ1) is 17.3. The molecule has 1 heterocycles. The lowest BCUT2D eigenvalue weighted by Crippen LogP contribution is -2.11. The highest BCUT2D eigenvalue weighted by Crippen LogP contribution is 2.30. The topological polar surface area (TPSA) is 63.2 Å². The van der Waals surface area contributed by atoms with E-state index in [1.165, 1.54) is 43.8 Å². The van der Waals surface area contributed by atoms with Crippen molar-refractivity contribution >= 4 is 23.4 Å². The first-order valence-electron chi connectivity index (χ1n) is 6.79. The van der Waals surface area contributed by atoms with Crippen LogP contribution >= 0.6 is 0 Å². The number of ether oxygens (including phenoxy) is 1. The lowest BCUT2D eigenvalue weighted by molar-refractivity contribution is -0.137. The molecule has 0 amide bonds. The summed E-state index contributed by atoms with van der Waals surface area (Å²) in [5.41, 5.74) is 6.05. The second-order valence-electron chi connectivity index (χ2n) is 4.65. The number of aromatic nitrogens is 1. The highest BCUT2D eigenvalue weighted by atomic mass is 19.4. The lowest BCUT2D eigenvalue weighted by atomic mass is 10.2. The summed E-state index contributed by atoms with van der Waals surface area (Å²) in [6.45, 7) is 0. The molecular formula is C16H14F3N3O2. The molecule has 0 atom stereocenters. The molecule has 0 saturated carbocycles.